The van der Waals surface area contributed by atoms with Crippen molar-refractivity contribution in [3.05, 3.63) is 28.8 Å². The van der Waals surface area contributed by atoms with E-state index in [1.165, 1.54) is 12.8 Å². The minimum absolute atomic E-state index is 0.261. The Morgan fingerprint density at radius 1 is 1.43 bits per heavy atom. The van der Waals surface area contributed by atoms with Crippen molar-refractivity contribution in [3.8, 4) is 5.75 Å². The van der Waals surface area contributed by atoms with Crippen LogP contribution in [0.2, 0.25) is 5.02 Å². The molecule has 1 unspecified atom stereocenters. The van der Waals surface area contributed by atoms with E-state index in [9.17, 15) is 5.11 Å². The Bertz CT molecular complexity index is 438. The Morgan fingerprint density at radius 2 is 2.24 bits per heavy atom. The SMILES string of the molecule is Cc1cc(OCC(O)CNCCOCC2CC2)ccc1Cl. The van der Waals surface area contributed by atoms with Crippen LogP contribution >= 0.6 is 11.6 Å². The smallest absolute Gasteiger partial charge is 0.119 e. The predicted octanol–water partition coefficient (Wildman–Crippen LogP) is 2.40. The minimum Gasteiger partial charge on any atom is -0.491 e. The van der Waals surface area contributed by atoms with E-state index in [4.69, 9.17) is 21.1 Å². The molecule has 0 aromatic heterocycles. The van der Waals surface area contributed by atoms with Crippen LogP contribution in [0.5, 0.6) is 5.75 Å². The Morgan fingerprint density at radius 3 is 2.95 bits per heavy atom. The fourth-order valence-corrected chi connectivity index (χ4v) is 2.02. The molecular formula is C16H24ClNO3. The van der Waals surface area contributed by atoms with Gasteiger partial charge < -0.3 is 19.9 Å². The van der Waals surface area contributed by atoms with Crippen molar-refractivity contribution in [2.24, 2.45) is 5.92 Å². The molecule has 2 N–H and O–H groups in total. The summed E-state index contributed by atoms with van der Waals surface area (Å²) < 4.78 is 11.0. The standard InChI is InChI=1S/C16H24ClNO3/c1-12-8-15(4-5-16(12)17)21-11-14(19)9-18-6-7-20-10-13-2-3-13/h4-5,8,13-14,18-19H,2-3,6-7,9-11H2,1H3. The Balaban J connectivity index is 1.51. The molecule has 1 aliphatic carbocycles. The third-order valence-corrected chi connectivity index (χ3v) is 3.85. The monoisotopic (exact) mass is 313 g/mol. The molecule has 5 heteroatoms. The van der Waals surface area contributed by atoms with E-state index in [1.807, 2.05) is 13.0 Å². The van der Waals surface area contributed by atoms with E-state index < -0.39 is 6.10 Å². The number of hydrogen-bond acceptors (Lipinski definition) is 4. The summed E-state index contributed by atoms with van der Waals surface area (Å²) in [5.41, 5.74) is 0.967. The molecular weight excluding hydrogens is 290 g/mol. The van der Waals surface area contributed by atoms with Gasteiger partial charge in [-0.1, -0.05) is 11.6 Å². The average molecular weight is 314 g/mol. The molecule has 0 amide bonds. The summed E-state index contributed by atoms with van der Waals surface area (Å²) in [6.45, 7) is 5.01. The number of ether oxygens (including phenoxy) is 2. The van der Waals surface area contributed by atoms with Gasteiger partial charge in [-0.25, -0.2) is 0 Å². The Hall–Kier alpha value is -0.810. The molecule has 1 aromatic carbocycles. The molecule has 4 nitrogen and oxygen atoms in total. The van der Waals surface area contributed by atoms with Crippen molar-refractivity contribution in [2.75, 3.05) is 32.9 Å². The molecule has 1 atom stereocenters. The van der Waals surface area contributed by atoms with Crippen LogP contribution in [0.25, 0.3) is 0 Å². The summed E-state index contributed by atoms with van der Waals surface area (Å²) in [5, 5.41) is 13.7. The molecule has 0 radical (unpaired) electrons. The van der Waals surface area contributed by atoms with E-state index >= 15 is 0 Å². The van der Waals surface area contributed by atoms with Gasteiger partial charge in [0.25, 0.3) is 0 Å². The lowest BCUT2D eigenvalue weighted by Crippen LogP contribution is -2.33. The van der Waals surface area contributed by atoms with Gasteiger partial charge in [-0.2, -0.15) is 0 Å². The second kappa shape index (κ2) is 8.59. The third-order valence-electron chi connectivity index (χ3n) is 3.43. The Kier molecular flexibility index (Phi) is 6.77. The maximum absolute atomic E-state index is 9.83. The number of hydrogen-bond donors (Lipinski definition) is 2. The maximum Gasteiger partial charge on any atom is 0.119 e. The molecule has 2 rings (SSSR count). The van der Waals surface area contributed by atoms with Gasteiger partial charge in [0.15, 0.2) is 0 Å². The fourth-order valence-electron chi connectivity index (χ4n) is 1.91. The quantitative estimate of drug-likeness (QED) is 0.651. The molecule has 0 saturated heterocycles. The lowest BCUT2D eigenvalue weighted by molar-refractivity contribution is 0.0967. The van der Waals surface area contributed by atoms with Crippen LogP contribution in [-0.4, -0.2) is 44.1 Å². The number of halogens is 1. The lowest BCUT2D eigenvalue weighted by Gasteiger charge is -2.14. The van der Waals surface area contributed by atoms with Gasteiger partial charge in [-0.05, 0) is 49.4 Å². The first-order chi connectivity index (χ1) is 10.1. The topological polar surface area (TPSA) is 50.7 Å². The zero-order chi connectivity index (χ0) is 15.1. The summed E-state index contributed by atoms with van der Waals surface area (Å²) in [7, 11) is 0. The minimum atomic E-state index is -0.538. The number of aliphatic hydroxyl groups excluding tert-OH is 1. The van der Waals surface area contributed by atoms with E-state index in [1.54, 1.807) is 12.1 Å². The van der Waals surface area contributed by atoms with Crippen LogP contribution in [0.15, 0.2) is 18.2 Å². The molecule has 0 spiro atoms. The normalized spacial score (nSPS) is 16.0. The van der Waals surface area contributed by atoms with Crippen molar-refractivity contribution in [3.63, 3.8) is 0 Å². The number of benzene rings is 1. The molecule has 118 valence electrons. The summed E-state index contributed by atoms with van der Waals surface area (Å²) in [5.74, 6) is 1.52. The Labute approximate surface area is 131 Å². The molecule has 21 heavy (non-hydrogen) atoms. The summed E-state index contributed by atoms with van der Waals surface area (Å²) in [6, 6.07) is 5.48. The van der Waals surface area contributed by atoms with E-state index in [0.717, 1.165) is 35.4 Å². The second-order valence-corrected chi connectivity index (χ2v) is 6.01. The molecule has 1 aromatic rings. The second-order valence-electron chi connectivity index (χ2n) is 5.60. The number of aliphatic hydroxyl groups is 1. The van der Waals surface area contributed by atoms with Crippen LogP contribution in [0.1, 0.15) is 18.4 Å². The van der Waals surface area contributed by atoms with Crippen molar-refractivity contribution in [2.45, 2.75) is 25.9 Å². The molecule has 0 aliphatic heterocycles. The van der Waals surface area contributed by atoms with Gasteiger partial charge in [0.1, 0.15) is 18.5 Å². The van der Waals surface area contributed by atoms with Gasteiger partial charge in [-0.3, -0.25) is 0 Å². The number of rotatable bonds is 10. The zero-order valence-electron chi connectivity index (χ0n) is 12.5. The van der Waals surface area contributed by atoms with Crippen molar-refractivity contribution in [1.82, 2.24) is 5.32 Å². The number of nitrogens with one attached hydrogen (secondary N) is 1. The van der Waals surface area contributed by atoms with Crippen LogP contribution in [0.4, 0.5) is 0 Å². The van der Waals surface area contributed by atoms with Gasteiger partial charge in [-0.15, -0.1) is 0 Å². The molecule has 1 saturated carbocycles. The predicted molar refractivity (Wildman–Crippen MR) is 84.1 cm³/mol. The molecule has 0 heterocycles. The van der Waals surface area contributed by atoms with Crippen molar-refractivity contribution >= 4 is 11.6 Å². The van der Waals surface area contributed by atoms with E-state index in [0.29, 0.717) is 13.2 Å². The van der Waals surface area contributed by atoms with Gasteiger partial charge in [0.05, 0.1) is 6.61 Å². The lowest BCUT2D eigenvalue weighted by atomic mass is 10.2. The molecule has 1 fully saturated rings. The van der Waals surface area contributed by atoms with Gasteiger partial charge in [0.2, 0.25) is 0 Å². The van der Waals surface area contributed by atoms with Gasteiger partial charge in [0, 0.05) is 24.7 Å². The van der Waals surface area contributed by atoms with Crippen LogP contribution in [0.3, 0.4) is 0 Å². The molecule has 1 aliphatic rings. The van der Waals surface area contributed by atoms with E-state index in [-0.39, 0.29) is 6.61 Å². The highest BCUT2D eigenvalue weighted by Crippen LogP contribution is 2.28. The van der Waals surface area contributed by atoms with Crippen LogP contribution < -0.4 is 10.1 Å². The van der Waals surface area contributed by atoms with Crippen molar-refractivity contribution in [1.29, 1.82) is 0 Å². The van der Waals surface area contributed by atoms with Gasteiger partial charge >= 0.3 is 0 Å². The summed E-state index contributed by atoms with van der Waals surface area (Å²) in [4.78, 5) is 0. The van der Waals surface area contributed by atoms with E-state index in [2.05, 4.69) is 5.32 Å². The highest BCUT2D eigenvalue weighted by molar-refractivity contribution is 6.31. The summed E-state index contributed by atoms with van der Waals surface area (Å²) >= 11 is 5.95. The zero-order valence-corrected chi connectivity index (χ0v) is 13.2. The number of aryl methyl sites for hydroxylation is 1. The highest BCUT2D eigenvalue weighted by Gasteiger charge is 2.20. The van der Waals surface area contributed by atoms with Crippen LogP contribution in [-0.2, 0) is 4.74 Å². The highest BCUT2D eigenvalue weighted by atomic mass is 35.5. The maximum atomic E-state index is 9.83. The summed E-state index contributed by atoms with van der Waals surface area (Å²) in [6.07, 6.45) is 2.09. The average Bonchev–Trinajstić information content (AvgIpc) is 3.28. The molecule has 0 bridgehead atoms. The first kappa shape index (κ1) is 16.6. The largest absolute Gasteiger partial charge is 0.491 e. The van der Waals surface area contributed by atoms with Crippen molar-refractivity contribution < 1.29 is 14.6 Å². The third kappa shape index (κ3) is 6.66. The first-order valence-corrected chi connectivity index (χ1v) is 7.88. The van der Waals surface area contributed by atoms with Crippen LogP contribution in [0, 0.1) is 12.8 Å². The first-order valence-electron chi connectivity index (χ1n) is 7.50. The fraction of sp³-hybridized carbons (Fsp3) is 0.625.